The first-order valence-corrected chi connectivity index (χ1v) is 6.87. The Morgan fingerprint density at radius 1 is 1.22 bits per heavy atom. The van der Waals surface area contributed by atoms with Crippen molar-refractivity contribution in [2.24, 2.45) is 0 Å². The Morgan fingerprint density at radius 3 is 2.78 bits per heavy atom. The highest BCUT2D eigenvalue weighted by atomic mass is 16.6. The lowest BCUT2D eigenvalue weighted by Crippen LogP contribution is -2.41. The molecule has 3 heteroatoms. The summed E-state index contributed by atoms with van der Waals surface area (Å²) in [5, 5.41) is 3.39. The molecule has 2 saturated heterocycles. The first-order chi connectivity index (χ1) is 8.86. The van der Waals surface area contributed by atoms with Crippen LogP contribution >= 0.6 is 0 Å². The van der Waals surface area contributed by atoms with Crippen molar-refractivity contribution in [2.75, 3.05) is 19.7 Å². The van der Waals surface area contributed by atoms with Crippen molar-refractivity contribution in [3.63, 3.8) is 0 Å². The number of hydrogen-bond donors (Lipinski definition) is 1. The van der Waals surface area contributed by atoms with Gasteiger partial charge in [-0.05, 0) is 31.5 Å². The van der Waals surface area contributed by atoms with Crippen LogP contribution in [0.5, 0.6) is 0 Å². The maximum Gasteiger partial charge on any atom is 0.0840 e. The van der Waals surface area contributed by atoms with Gasteiger partial charge in [0.15, 0.2) is 0 Å². The standard InChI is InChI=1S/C15H21NO2/c1-2-4-13(5-3-1)11-17-14-10-15(18-12-14)6-8-16-9-7-15/h1-5,14,16H,6-12H2/t14-/m0/s1. The smallest absolute Gasteiger partial charge is 0.0840 e. The molecule has 2 aliphatic heterocycles. The molecular formula is C15H21NO2. The zero-order valence-corrected chi connectivity index (χ0v) is 10.7. The van der Waals surface area contributed by atoms with E-state index >= 15 is 0 Å². The van der Waals surface area contributed by atoms with Crippen molar-refractivity contribution in [3.8, 4) is 0 Å². The molecule has 1 spiro atoms. The fourth-order valence-electron chi connectivity index (χ4n) is 2.93. The summed E-state index contributed by atoms with van der Waals surface area (Å²) >= 11 is 0. The van der Waals surface area contributed by atoms with Crippen LogP contribution in [0.25, 0.3) is 0 Å². The van der Waals surface area contributed by atoms with Crippen LogP contribution in [0.15, 0.2) is 30.3 Å². The predicted molar refractivity (Wildman–Crippen MR) is 70.4 cm³/mol. The minimum Gasteiger partial charge on any atom is -0.372 e. The number of hydrogen-bond acceptors (Lipinski definition) is 3. The first-order valence-electron chi connectivity index (χ1n) is 6.87. The van der Waals surface area contributed by atoms with Crippen molar-refractivity contribution >= 4 is 0 Å². The summed E-state index contributed by atoms with van der Waals surface area (Å²) in [6, 6.07) is 10.4. The summed E-state index contributed by atoms with van der Waals surface area (Å²) in [5.74, 6) is 0. The Hall–Kier alpha value is -0.900. The monoisotopic (exact) mass is 247 g/mol. The van der Waals surface area contributed by atoms with E-state index in [-0.39, 0.29) is 11.7 Å². The van der Waals surface area contributed by atoms with Crippen molar-refractivity contribution in [1.82, 2.24) is 5.32 Å². The van der Waals surface area contributed by atoms with Gasteiger partial charge in [-0.1, -0.05) is 30.3 Å². The molecule has 2 aliphatic rings. The molecule has 2 heterocycles. The van der Waals surface area contributed by atoms with Gasteiger partial charge in [0.05, 0.1) is 24.9 Å². The average Bonchev–Trinajstić information content (AvgIpc) is 2.82. The molecule has 0 bridgehead atoms. The highest BCUT2D eigenvalue weighted by Gasteiger charge is 2.41. The lowest BCUT2D eigenvalue weighted by Gasteiger charge is -2.32. The second kappa shape index (κ2) is 5.39. The number of ether oxygens (including phenoxy) is 2. The van der Waals surface area contributed by atoms with E-state index in [0.717, 1.165) is 39.0 Å². The molecule has 1 N–H and O–H groups in total. The molecule has 1 atom stereocenters. The number of rotatable bonds is 3. The Labute approximate surface area is 108 Å². The molecule has 3 rings (SSSR count). The molecular weight excluding hydrogens is 226 g/mol. The molecule has 0 amide bonds. The van der Waals surface area contributed by atoms with Gasteiger partial charge in [0.25, 0.3) is 0 Å². The van der Waals surface area contributed by atoms with Gasteiger partial charge < -0.3 is 14.8 Å². The molecule has 1 aromatic carbocycles. The lowest BCUT2D eigenvalue weighted by molar-refractivity contribution is -0.0240. The summed E-state index contributed by atoms with van der Waals surface area (Å²) in [5.41, 5.74) is 1.34. The van der Waals surface area contributed by atoms with Gasteiger partial charge in [-0.15, -0.1) is 0 Å². The van der Waals surface area contributed by atoms with Crippen molar-refractivity contribution in [3.05, 3.63) is 35.9 Å². The summed E-state index contributed by atoms with van der Waals surface area (Å²) in [7, 11) is 0. The SMILES string of the molecule is c1ccc(CO[C@@H]2COC3(CCNCC3)C2)cc1. The van der Waals surface area contributed by atoms with Crippen molar-refractivity contribution < 1.29 is 9.47 Å². The zero-order valence-electron chi connectivity index (χ0n) is 10.7. The Bertz CT molecular complexity index is 373. The van der Waals surface area contributed by atoms with Crippen LogP contribution in [-0.4, -0.2) is 31.4 Å². The van der Waals surface area contributed by atoms with Crippen LogP contribution in [0.3, 0.4) is 0 Å². The third-order valence-corrected chi connectivity index (χ3v) is 4.02. The van der Waals surface area contributed by atoms with Crippen LogP contribution in [0.1, 0.15) is 24.8 Å². The van der Waals surface area contributed by atoms with Gasteiger partial charge in [0.2, 0.25) is 0 Å². The van der Waals surface area contributed by atoms with Gasteiger partial charge in [-0.25, -0.2) is 0 Å². The summed E-state index contributed by atoms with van der Waals surface area (Å²) in [4.78, 5) is 0. The fraction of sp³-hybridized carbons (Fsp3) is 0.600. The second-order valence-electron chi connectivity index (χ2n) is 5.37. The second-order valence-corrected chi connectivity index (χ2v) is 5.37. The Morgan fingerprint density at radius 2 is 2.00 bits per heavy atom. The maximum atomic E-state index is 6.02. The van der Waals surface area contributed by atoms with Crippen molar-refractivity contribution in [1.29, 1.82) is 0 Å². The molecule has 2 fully saturated rings. The van der Waals surface area contributed by atoms with Gasteiger partial charge >= 0.3 is 0 Å². The summed E-state index contributed by atoms with van der Waals surface area (Å²) < 4.78 is 12.0. The molecule has 98 valence electrons. The summed E-state index contributed by atoms with van der Waals surface area (Å²) in [6.07, 6.45) is 3.57. The average molecular weight is 247 g/mol. The molecule has 0 saturated carbocycles. The van der Waals surface area contributed by atoms with Crippen LogP contribution in [0.2, 0.25) is 0 Å². The van der Waals surface area contributed by atoms with E-state index in [1.807, 2.05) is 6.07 Å². The highest BCUT2D eigenvalue weighted by Crippen LogP contribution is 2.35. The van der Waals surface area contributed by atoms with Crippen LogP contribution in [0.4, 0.5) is 0 Å². The molecule has 18 heavy (non-hydrogen) atoms. The normalized spacial score (nSPS) is 26.6. The van der Waals surface area contributed by atoms with Gasteiger partial charge in [-0.2, -0.15) is 0 Å². The maximum absolute atomic E-state index is 6.02. The van der Waals surface area contributed by atoms with Gasteiger partial charge in [0.1, 0.15) is 0 Å². The van der Waals surface area contributed by atoms with E-state index in [0.29, 0.717) is 6.61 Å². The minimum atomic E-state index is 0.104. The Balaban J connectivity index is 1.50. The third-order valence-electron chi connectivity index (χ3n) is 4.02. The van der Waals surface area contributed by atoms with E-state index in [4.69, 9.17) is 9.47 Å². The molecule has 3 nitrogen and oxygen atoms in total. The van der Waals surface area contributed by atoms with E-state index in [9.17, 15) is 0 Å². The van der Waals surface area contributed by atoms with Crippen molar-refractivity contribution in [2.45, 2.75) is 37.6 Å². The topological polar surface area (TPSA) is 30.5 Å². The largest absolute Gasteiger partial charge is 0.372 e. The van der Waals surface area contributed by atoms with Gasteiger partial charge in [0, 0.05) is 6.42 Å². The third kappa shape index (κ3) is 2.74. The molecule has 1 aromatic rings. The first kappa shape index (κ1) is 12.2. The molecule has 0 unspecified atom stereocenters. The van der Waals surface area contributed by atoms with E-state index in [1.54, 1.807) is 0 Å². The fourth-order valence-corrected chi connectivity index (χ4v) is 2.93. The van der Waals surface area contributed by atoms with E-state index in [2.05, 4.69) is 29.6 Å². The zero-order chi connectivity index (χ0) is 12.3. The molecule has 0 aromatic heterocycles. The quantitative estimate of drug-likeness (QED) is 0.887. The van der Waals surface area contributed by atoms with Crippen LogP contribution < -0.4 is 5.32 Å². The van der Waals surface area contributed by atoms with Crippen LogP contribution in [0, 0.1) is 0 Å². The minimum absolute atomic E-state index is 0.104. The van der Waals surface area contributed by atoms with E-state index in [1.165, 1.54) is 5.56 Å². The van der Waals surface area contributed by atoms with Gasteiger partial charge in [-0.3, -0.25) is 0 Å². The number of piperidine rings is 1. The molecule has 0 radical (unpaired) electrons. The Kier molecular flexibility index (Phi) is 3.64. The van der Waals surface area contributed by atoms with E-state index < -0.39 is 0 Å². The molecule has 0 aliphatic carbocycles. The highest BCUT2D eigenvalue weighted by molar-refractivity contribution is 5.13. The predicted octanol–water partition coefficient (Wildman–Crippen LogP) is 2.11. The van der Waals surface area contributed by atoms with Crippen LogP contribution in [-0.2, 0) is 16.1 Å². The number of nitrogens with one attached hydrogen (secondary N) is 1. The number of benzene rings is 1. The lowest BCUT2D eigenvalue weighted by atomic mass is 9.89. The summed E-state index contributed by atoms with van der Waals surface area (Å²) in [6.45, 7) is 3.60.